The van der Waals surface area contributed by atoms with Crippen LogP contribution in [0.1, 0.15) is 50.7 Å². The molecular weight excluding hydrogens is 861 g/mol. The van der Waals surface area contributed by atoms with Gasteiger partial charge in [-0.15, -0.1) is 21.9 Å². The van der Waals surface area contributed by atoms with Crippen LogP contribution in [0.4, 0.5) is 87.8 Å². The zero-order chi connectivity index (χ0) is 44.6. The highest BCUT2D eigenvalue weighted by molar-refractivity contribution is 7.20. The molecule has 5 aromatic carbocycles. The van der Waals surface area contributed by atoms with Crippen molar-refractivity contribution >= 4 is 28.0 Å². The summed E-state index contributed by atoms with van der Waals surface area (Å²) in [5.41, 5.74) is -11.2. The highest BCUT2D eigenvalue weighted by Crippen LogP contribution is 2.31. The van der Waals surface area contributed by atoms with Crippen LogP contribution in [0.25, 0.3) is 0 Å². The van der Waals surface area contributed by atoms with Gasteiger partial charge in [0.25, 0.3) is 0 Å². The lowest BCUT2D eigenvalue weighted by Crippen LogP contribution is -2.81. The first-order chi connectivity index (χ1) is 27.6. The molecule has 0 heterocycles. The monoisotopic (exact) mass is 887 g/mol. The lowest BCUT2D eigenvalue weighted by atomic mass is 9.12. The van der Waals surface area contributed by atoms with Crippen molar-refractivity contribution in [3.05, 3.63) is 152 Å². The van der Waals surface area contributed by atoms with E-state index in [1.165, 1.54) is 38.5 Å². The van der Waals surface area contributed by atoms with Crippen LogP contribution in [-0.2, 0) is 12.8 Å². The third-order valence-electron chi connectivity index (χ3n) is 9.42. The summed E-state index contributed by atoms with van der Waals surface area (Å²) in [5.74, 6) is -71.4. The minimum Gasteiger partial charge on any atom is -0.369 e. The van der Waals surface area contributed by atoms with E-state index in [1.54, 1.807) is 11.1 Å². The largest absolute Gasteiger partial charge is 0.369 e. The number of quaternary nitrogens is 1. The van der Waals surface area contributed by atoms with Gasteiger partial charge in [-0.2, -0.15) is 0 Å². The number of hydrogen-bond donors (Lipinski definition) is 1. The van der Waals surface area contributed by atoms with Gasteiger partial charge in [0.2, 0.25) is 0 Å². The summed E-state index contributed by atoms with van der Waals surface area (Å²) < 4.78 is 294. The van der Waals surface area contributed by atoms with Crippen molar-refractivity contribution in [1.82, 2.24) is 6.15 Å². The maximum atomic E-state index is 15.4. The molecule has 5 rings (SSSR count). The van der Waals surface area contributed by atoms with Crippen LogP contribution in [0, 0.1) is 116 Å². The Hall–Kier alpha value is -5.28. The molecule has 60 heavy (non-hydrogen) atoms. The first-order valence-electron chi connectivity index (χ1n) is 16.9. The summed E-state index contributed by atoms with van der Waals surface area (Å²) in [5, 5.41) is 0. The minimum atomic E-state index is -7.22. The Morgan fingerprint density at radius 2 is 0.467 bits per heavy atom. The molecular formula is C38H26BF20N. The quantitative estimate of drug-likeness (QED) is 0.0628. The first-order valence-corrected chi connectivity index (χ1v) is 16.9. The molecule has 0 saturated heterocycles. The molecule has 22 heteroatoms. The maximum Gasteiger partial charge on any atom is 0.200 e. The summed E-state index contributed by atoms with van der Waals surface area (Å²) in [4.78, 5) is 0. The molecule has 0 unspecified atom stereocenters. The second-order valence-electron chi connectivity index (χ2n) is 12.8. The molecule has 0 spiro atoms. The van der Waals surface area contributed by atoms with E-state index >= 15 is 35.1 Å². The Balaban J connectivity index is 0.000000543. The number of unbranched alkanes of at least 4 members (excludes halogenated alkanes) is 2. The van der Waals surface area contributed by atoms with Crippen molar-refractivity contribution in [3.8, 4) is 0 Å². The third kappa shape index (κ3) is 7.89. The maximum absolute atomic E-state index is 15.4. The van der Waals surface area contributed by atoms with E-state index < -0.39 is 144 Å². The van der Waals surface area contributed by atoms with E-state index in [0.29, 0.717) is 0 Å². The minimum absolute atomic E-state index is 0. The van der Waals surface area contributed by atoms with Crippen LogP contribution in [0.15, 0.2) is 24.3 Å². The fraction of sp³-hybridized carbons (Fsp3) is 0.211. The van der Waals surface area contributed by atoms with Crippen molar-refractivity contribution in [2.75, 3.05) is 0 Å². The third-order valence-corrected chi connectivity index (χ3v) is 9.42. The molecule has 5 aromatic rings. The Labute approximate surface area is 326 Å². The van der Waals surface area contributed by atoms with Gasteiger partial charge in [0, 0.05) is 0 Å². The summed E-state index contributed by atoms with van der Waals surface area (Å²) >= 11 is 0. The van der Waals surface area contributed by atoms with Gasteiger partial charge in [-0.1, -0.05) is 51.0 Å². The Morgan fingerprint density at radius 1 is 0.300 bits per heavy atom. The van der Waals surface area contributed by atoms with Gasteiger partial charge < -0.3 is 6.15 Å². The van der Waals surface area contributed by atoms with E-state index in [-0.39, 0.29) is 6.15 Å². The second-order valence-corrected chi connectivity index (χ2v) is 12.8. The molecule has 0 radical (unpaired) electrons. The SMILES string of the molecule is CCCCc1ccccc1CCCC.Fc1c(F)c(F)c([B-](c2c(F)c(F)c(F)c(F)c2F)(c2c(F)c(F)c(F)c(F)c2F)c2c(F)c(F)c(F)c(F)c2F)c(F)c1F.[NH4+]. The molecule has 0 amide bonds. The molecule has 0 saturated carbocycles. The summed E-state index contributed by atoms with van der Waals surface area (Å²) in [6.07, 6.45) is 0.536. The van der Waals surface area contributed by atoms with Crippen LogP contribution in [0.3, 0.4) is 0 Å². The van der Waals surface area contributed by atoms with Crippen molar-refractivity contribution in [3.63, 3.8) is 0 Å². The lowest BCUT2D eigenvalue weighted by Gasteiger charge is -2.44. The van der Waals surface area contributed by atoms with E-state index in [0.717, 1.165) is 0 Å². The van der Waals surface area contributed by atoms with Gasteiger partial charge in [0.05, 0.1) is 0 Å². The molecule has 0 aromatic heterocycles. The van der Waals surface area contributed by atoms with Gasteiger partial charge >= 0.3 is 0 Å². The van der Waals surface area contributed by atoms with Gasteiger partial charge in [0.15, 0.2) is 69.8 Å². The molecule has 0 fully saturated rings. The zero-order valence-electron chi connectivity index (χ0n) is 30.7. The van der Waals surface area contributed by atoms with Crippen LogP contribution >= 0.6 is 0 Å². The predicted molar refractivity (Wildman–Crippen MR) is 179 cm³/mol. The number of hydrogen-bond acceptors (Lipinski definition) is 0. The molecule has 326 valence electrons. The molecule has 0 bridgehead atoms. The van der Waals surface area contributed by atoms with Crippen LogP contribution in [-0.4, -0.2) is 6.15 Å². The zero-order valence-corrected chi connectivity index (χ0v) is 30.7. The van der Waals surface area contributed by atoms with Crippen LogP contribution in [0.2, 0.25) is 0 Å². The molecule has 0 atom stereocenters. The van der Waals surface area contributed by atoms with E-state index in [2.05, 4.69) is 38.1 Å². The Morgan fingerprint density at radius 3 is 0.633 bits per heavy atom. The van der Waals surface area contributed by atoms with Gasteiger partial charge in [-0.3, -0.25) is 0 Å². The number of benzene rings is 5. The fourth-order valence-electron chi connectivity index (χ4n) is 6.65. The normalized spacial score (nSPS) is 11.4. The van der Waals surface area contributed by atoms with Gasteiger partial charge in [-0.25, -0.2) is 87.8 Å². The number of halogens is 20. The average molecular weight is 887 g/mol. The van der Waals surface area contributed by atoms with Crippen molar-refractivity contribution < 1.29 is 87.8 Å². The molecule has 0 aliphatic carbocycles. The molecule has 4 N–H and O–H groups in total. The van der Waals surface area contributed by atoms with Crippen molar-refractivity contribution in [2.45, 2.75) is 52.4 Å². The lowest BCUT2D eigenvalue weighted by molar-refractivity contribution is 0.378. The standard InChI is InChI=1S/C24BF20.C14H22.H3N/c26-5-1(6(27)14(35)21(42)13(5)34)25(2-7(28)15(36)22(43)16(37)8(2)29,3-9(30)17(38)23(44)18(39)10(3)31)4-11(32)19(40)24(45)20(41)12(4)33;1-3-5-9-13-11-7-8-12-14(13)10-6-4-2;/h;7-8,11-12H,3-6,9-10H2,1-2H3;1H3/q-1;;/p+1. The predicted octanol–water partition coefficient (Wildman–Crippen LogP) is 10.6. The van der Waals surface area contributed by atoms with Crippen molar-refractivity contribution in [2.24, 2.45) is 0 Å². The topological polar surface area (TPSA) is 36.5 Å². The summed E-state index contributed by atoms with van der Waals surface area (Å²) in [6, 6.07) is 8.92. The fourth-order valence-corrected chi connectivity index (χ4v) is 6.65. The van der Waals surface area contributed by atoms with E-state index in [1.807, 2.05) is 0 Å². The van der Waals surface area contributed by atoms with Gasteiger partial charge in [-0.05, 0) is 36.8 Å². The highest BCUT2D eigenvalue weighted by atomic mass is 19.2. The highest BCUT2D eigenvalue weighted by Gasteiger charge is 2.52. The summed E-state index contributed by atoms with van der Waals surface area (Å²) in [6.45, 7) is 4.52. The van der Waals surface area contributed by atoms with Crippen molar-refractivity contribution in [1.29, 1.82) is 0 Å². The molecule has 1 nitrogen and oxygen atoms in total. The van der Waals surface area contributed by atoms with Crippen LogP contribution in [0.5, 0.6) is 0 Å². The smallest absolute Gasteiger partial charge is 0.200 e. The number of aryl methyl sites for hydroxylation is 2. The number of rotatable bonds is 10. The van der Waals surface area contributed by atoms with E-state index in [9.17, 15) is 52.7 Å². The second kappa shape index (κ2) is 19.0. The van der Waals surface area contributed by atoms with Gasteiger partial charge in [0.1, 0.15) is 52.7 Å². The molecule has 0 aliphatic heterocycles. The average Bonchev–Trinajstić information content (AvgIpc) is 3.22. The Bertz CT molecular complexity index is 2030. The first kappa shape index (κ1) is 49.1. The van der Waals surface area contributed by atoms with Crippen LogP contribution < -0.4 is 28.0 Å². The Kier molecular flexibility index (Phi) is 15.5. The summed E-state index contributed by atoms with van der Waals surface area (Å²) in [7, 11) is 0. The molecule has 0 aliphatic rings. The van der Waals surface area contributed by atoms with E-state index in [4.69, 9.17) is 0 Å².